The van der Waals surface area contributed by atoms with Crippen molar-refractivity contribution in [2.45, 2.75) is 25.9 Å². The van der Waals surface area contributed by atoms with Gasteiger partial charge in [0, 0.05) is 31.0 Å². The number of aromatic nitrogens is 6. The van der Waals surface area contributed by atoms with Crippen LogP contribution < -0.4 is 15.4 Å². The summed E-state index contributed by atoms with van der Waals surface area (Å²) in [4.78, 5) is 12.2. The minimum Gasteiger partial charge on any atom is -0.494 e. The van der Waals surface area contributed by atoms with E-state index >= 15 is 0 Å². The van der Waals surface area contributed by atoms with E-state index in [-0.39, 0.29) is 12.1 Å². The molecule has 0 aliphatic heterocycles. The Morgan fingerprint density at radius 2 is 2.27 bits per heavy atom. The maximum Gasteiger partial charge on any atom is 0.319 e. The average Bonchev–Trinajstić information content (AvgIpc) is 3.34. The summed E-state index contributed by atoms with van der Waals surface area (Å²) < 4.78 is 8.68. The van der Waals surface area contributed by atoms with E-state index in [2.05, 4.69) is 31.3 Å². The summed E-state index contributed by atoms with van der Waals surface area (Å²) in [6.07, 6.45) is 5.88. The van der Waals surface area contributed by atoms with Crippen LogP contribution >= 0.6 is 0 Å². The molecule has 3 rings (SSSR count). The molecule has 2 amide bonds. The lowest BCUT2D eigenvalue weighted by Crippen LogP contribution is -2.36. The molecule has 0 unspecified atom stereocenters. The number of ether oxygens (including phenoxy) is 1. The fourth-order valence-corrected chi connectivity index (χ4v) is 2.42. The Hall–Kier alpha value is -3.43. The van der Waals surface area contributed by atoms with Gasteiger partial charge in [-0.15, -0.1) is 5.10 Å². The van der Waals surface area contributed by atoms with Gasteiger partial charge in [0.2, 0.25) is 0 Å². The molecule has 0 aliphatic carbocycles. The van der Waals surface area contributed by atoms with Gasteiger partial charge in [0.25, 0.3) is 0 Å². The molecule has 10 nitrogen and oxygen atoms in total. The molecule has 2 N–H and O–H groups in total. The van der Waals surface area contributed by atoms with Crippen LogP contribution in [0.2, 0.25) is 0 Å². The zero-order valence-electron chi connectivity index (χ0n) is 14.5. The van der Waals surface area contributed by atoms with E-state index in [4.69, 9.17) is 4.74 Å². The van der Waals surface area contributed by atoms with Gasteiger partial charge in [-0.2, -0.15) is 5.10 Å². The Morgan fingerprint density at radius 3 is 2.96 bits per heavy atom. The van der Waals surface area contributed by atoms with Gasteiger partial charge in [0.05, 0.1) is 18.5 Å². The quantitative estimate of drug-likeness (QED) is 0.663. The number of methoxy groups -OCH3 is 1. The molecule has 0 radical (unpaired) electrons. The van der Waals surface area contributed by atoms with Crippen LogP contribution in [0.4, 0.5) is 10.5 Å². The van der Waals surface area contributed by atoms with Gasteiger partial charge in [-0.05, 0) is 42.0 Å². The maximum absolute atomic E-state index is 12.2. The van der Waals surface area contributed by atoms with Crippen LogP contribution in [0.3, 0.4) is 0 Å². The van der Waals surface area contributed by atoms with Gasteiger partial charge in [0.15, 0.2) is 0 Å². The Morgan fingerprint density at radius 1 is 1.38 bits per heavy atom. The van der Waals surface area contributed by atoms with Crippen molar-refractivity contribution in [2.24, 2.45) is 0 Å². The highest BCUT2D eigenvalue weighted by Crippen LogP contribution is 2.26. The fraction of sp³-hybridized carbons (Fsp3) is 0.312. The summed E-state index contributed by atoms with van der Waals surface area (Å²) in [7, 11) is 1.54. The van der Waals surface area contributed by atoms with Gasteiger partial charge in [-0.1, -0.05) is 0 Å². The molecular formula is C16H20N8O2. The van der Waals surface area contributed by atoms with Gasteiger partial charge < -0.3 is 15.4 Å². The number of rotatable bonds is 7. The molecule has 0 spiro atoms. The molecule has 0 aliphatic rings. The number of urea groups is 1. The van der Waals surface area contributed by atoms with Gasteiger partial charge in [-0.25, -0.2) is 9.48 Å². The van der Waals surface area contributed by atoms with E-state index in [0.717, 1.165) is 18.7 Å². The summed E-state index contributed by atoms with van der Waals surface area (Å²) in [5.74, 6) is 0.511. The summed E-state index contributed by atoms with van der Waals surface area (Å²) >= 11 is 0. The number of aryl methyl sites for hydroxylation is 1. The molecule has 0 saturated carbocycles. The molecule has 1 aromatic carbocycles. The van der Waals surface area contributed by atoms with E-state index in [9.17, 15) is 4.79 Å². The first-order chi connectivity index (χ1) is 12.7. The van der Waals surface area contributed by atoms with Crippen molar-refractivity contribution in [3.05, 3.63) is 43.0 Å². The molecule has 0 saturated heterocycles. The third-order valence-corrected chi connectivity index (χ3v) is 3.77. The highest BCUT2D eigenvalue weighted by atomic mass is 16.5. The second kappa shape index (κ2) is 8.10. The lowest BCUT2D eigenvalue weighted by atomic mass is 10.2. The third kappa shape index (κ3) is 4.35. The zero-order chi connectivity index (χ0) is 18.4. The molecule has 26 heavy (non-hydrogen) atoms. The van der Waals surface area contributed by atoms with E-state index in [1.54, 1.807) is 24.4 Å². The van der Waals surface area contributed by atoms with Crippen molar-refractivity contribution < 1.29 is 9.53 Å². The van der Waals surface area contributed by atoms with E-state index in [0.29, 0.717) is 11.4 Å². The van der Waals surface area contributed by atoms with Crippen LogP contribution in [0.25, 0.3) is 5.69 Å². The first-order valence-electron chi connectivity index (χ1n) is 8.12. The number of nitrogens with zero attached hydrogens (tertiary/aromatic N) is 6. The monoisotopic (exact) mass is 356 g/mol. The number of amides is 2. The minimum atomic E-state index is -0.300. The van der Waals surface area contributed by atoms with Crippen molar-refractivity contribution in [2.75, 3.05) is 12.4 Å². The van der Waals surface area contributed by atoms with Gasteiger partial charge in [-0.3, -0.25) is 4.68 Å². The Bertz CT molecular complexity index is 832. The van der Waals surface area contributed by atoms with Crippen LogP contribution in [0.5, 0.6) is 5.75 Å². The first-order valence-corrected chi connectivity index (χ1v) is 8.12. The Labute approximate surface area is 150 Å². The highest BCUT2D eigenvalue weighted by molar-refractivity contribution is 5.91. The number of hydrogen-bond donors (Lipinski definition) is 2. The normalized spacial score (nSPS) is 11.8. The fourth-order valence-electron chi connectivity index (χ4n) is 2.42. The smallest absolute Gasteiger partial charge is 0.319 e. The number of carbonyl (C=O) groups is 1. The first kappa shape index (κ1) is 17.4. The van der Waals surface area contributed by atoms with Gasteiger partial charge in [0.1, 0.15) is 12.1 Å². The SMILES string of the molecule is COc1cc(-n2cnnn2)ccc1NC(=O)N[C@@H](C)CCn1cccn1. The van der Waals surface area contributed by atoms with Crippen molar-refractivity contribution in [1.82, 2.24) is 35.3 Å². The topological polar surface area (TPSA) is 112 Å². The average molecular weight is 356 g/mol. The number of tetrazole rings is 1. The van der Waals surface area contributed by atoms with E-state index in [1.165, 1.54) is 18.1 Å². The number of carbonyl (C=O) groups excluding carboxylic acids is 1. The van der Waals surface area contributed by atoms with Crippen molar-refractivity contribution in [3.63, 3.8) is 0 Å². The predicted molar refractivity (Wildman–Crippen MR) is 94.2 cm³/mol. The predicted octanol–water partition coefficient (Wildman–Crippen LogP) is 1.47. The lowest BCUT2D eigenvalue weighted by Gasteiger charge is -2.16. The molecule has 1 atom stereocenters. The number of anilines is 1. The molecule has 0 bridgehead atoms. The minimum absolute atomic E-state index is 0.00862. The Balaban J connectivity index is 1.58. The lowest BCUT2D eigenvalue weighted by molar-refractivity contribution is 0.248. The van der Waals surface area contributed by atoms with Crippen LogP contribution in [-0.2, 0) is 6.54 Å². The second-order valence-corrected chi connectivity index (χ2v) is 5.70. The summed E-state index contributed by atoms with van der Waals surface area (Å²) in [6, 6.07) is 6.83. The van der Waals surface area contributed by atoms with Crippen LogP contribution in [0.15, 0.2) is 43.0 Å². The number of nitrogens with one attached hydrogen (secondary N) is 2. The molecule has 3 aromatic rings. The van der Waals surface area contributed by atoms with Crippen LogP contribution in [-0.4, -0.2) is 49.2 Å². The third-order valence-electron chi connectivity index (χ3n) is 3.77. The number of benzene rings is 1. The maximum atomic E-state index is 12.2. The number of hydrogen-bond acceptors (Lipinski definition) is 6. The highest BCUT2D eigenvalue weighted by Gasteiger charge is 2.12. The van der Waals surface area contributed by atoms with Crippen molar-refractivity contribution in [1.29, 1.82) is 0 Å². The summed E-state index contributed by atoms with van der Waals surface area (Å²) in [6.45, 7) is 2.68. The van der Waals surface area contributed by atoms with Crippen molar-refractivity contribution in [3.8, 4) is 11.4 Å². The molecule has 2 aromatic heterocycles. The summed E-state index contributed by atoms with van der Waals surface area (Å²) in [5, 5.41) is 20.9. The van der Waals surface area contributed by atoms with Gasteiger partial charge >= 0.3 is 6.03 Å². The van der Waals surface area contributed by atoms with Crippen LogP contribution in [0, 0.1) is 0 Å². The Kier molecular flexibility index (Phi) is 5.42. The van der Waals surface area contributed by atoms with E-state index in [1.807, 2.05) is 23.9 Å². The summed E-state index contributed by atoms with van der Waals surface area (Å²) in [5.41, 5.74) is 1.28. The molecule has 2 heterocycles. The standard InChI is InChI=1S/C16H20N8O2/c1-12(6-9-23-8-3-7-18-23)19-16(25)20-14-5-4-13(10-15(14)26-2)24-11-17-21-22-24/h3-5,7-8,10-12H,6,9H2,1-2H3,(H2,19,20,25)/t12-/m0/s1. The molecular weight excluding hydrogens is 336 g/mol. The largest absolute Gasteiger partial charge is 0.494 e. The molecule has 136 valence electrons. The second-order valence-electron chi connectivity index (χ2n) is 5.70. The van der Waals surface area contributed by atoms with Crippen LogP contribution in [0.1, 0.15) is 13.3 Å². The molecule has 10 heteroatoms. The van der Waals surface area contributed by atoms with E-state index < -0.39 is 0 Å². The zero-order valence-corrected chi connectivity index (χ0v) is 14.5. The molecule has 0 fully saturated rings. The van der Waals surface area contributed by atoms with Crippen molar-refractivity contribution >= 4 is 11.7 Å².